The topological polar surface area (TPSA) is 82.1 Å². The first-order valence-corrected chi connectivity index (χ1v) is 14.6. The number of carbonyl (C=O) groups is 2. The fourth-order valence-corrected chi connectivity index (χ4v) is 9.43. The van der Waals surface area contributed by atoms with Crippen LogP contribution < -0.4 is 4.74 Å². The van der Waals surface area contributed by atoms with Crippen LogP contribution in [-0.4, -0.2) is 46.9 Å². The monoisotopic (exact) mass is 542 g/mol. The molecule has 2 aromatic carbocycles. The Morgan fingerprint density at radius 3 is 2.67 bits per heavy atom. The molecule has 8 atom stereocenters. The average Bonchev–Trinajstić information content (AvgIpc) is 3.32. The van der Waals surface area contributed by atoms with Crippen LogP contribution in [0.25, 0.3) is 10.8 Å². The number of aliphatic hydroxyl groups is 1. The highest BCUT2D eigenvalue weighted by molar-refractivity contribution is 6.01. The second-order valence-corrected chi connectivity index (χ2v) is 13.5. The SMILES string of the molecule is CC1(C)O[C@H]2CC3C4CCC5=CC(=O)C=CC5(C)C4[C@@H](O)CC3(C)[C@]2(C(=O)COc2ccc3ccccc3c2)O1. The molecule has 2 aromatic rings. The molecular formula is C34H38O6. The van der Waals surface area contributed by atoms with Crippen LogP contribution in [0.1, 0.15) is 53.4 Å². The van der Waals surface area contributed by atoms with Gasteiger partial charge in [0.2, 0.25) is 5.78 Å². The van der Waals surface area contributed by atoms with Gasteiger partial charge in [-0.15, -0.1) is 0 Å². The summed E-state index contributed by atoms with van der Waals surface area (Å²) < 4.78 is 19.3. The zero-order valence-electron chi connectivity index (χ0n) is 23.7. The largest absolute Gasteiger partial charge is 0.486 e. The number of fused-ring (bicyclic) bond motifs is 8. The van der Waals surface area contributed by atoms with Gasteiger partial charge in [-0.2, -0.15) is 0 Å². The van der Waals surface area contributed by atoms with E-state index in [1.807, 2.05) is 62.4 Å². The maximum Gasteiger partial charge on any atom is 0.205 e. The number of rotatable bonds is 4. The predicted octanol–water partition coefficient (Wildman–Crippen LogP) is 5.57. The van der Waals surface area contributed by atoms with Gasteiger partial charge in [-0.05, 0) is 86.4 Å². The van der Waals surface area contributed by atoms with Crippen molar-refractivity contribution in [3.63, 3.8) is 0 Å². The normalized spacial score (nSPS) is 41.1. The summed E-state index contributed by atoms with van der Waals surface area (Å²) in [6.45, 7) is 7.90. The molecule has 5 unspecified atom stereocenters. The van der Waals surface area contributed by atoms with E-state index in [-0.39, 0.29) is 41.3 Å². The molecule has 1 aliphatic heterocycles. The highest BCUT2D eigenvalue weighted by Crippen LogP contribution is 2.70. The molecule has 4 aliphatic carbocycles. The van der Waals surface area contributed by atoms with Crippen LogP contribution in [0.15, 0.2) is 66.3 Å². The summed E-state index contributed by atoms with van der Waals surface area (Å²) in [6, 6.07) is 13.9. The lowest BCUT2D eigenvalue weighted by atomic mass is 9.46. The summed E-state index contributed by atoms with van der Waals surface area (Å²) in [4.78, 5) is 26.5. The second kappa shape index (κ2) is 8.60. The molecule has 1 saturated heterocycles. The number of Topliss-reactive ketones (excluding diaryl/α,β-unsaturated/α-hetero) is 1. The molecule has 0 spiro atoms. The molecule has 0 amide bonds. The number of aliphatic hydroxyl groups excluding tert-OH is 1. The van der Waals surface area contributed by atoms with E-state index < -0.39 is 29.0 Å². The van der Waals surface area contributed by atoms with Gasteiger partial charge in [0.15, 0.2) is 17.2 Å². The first kappa shape index (κ1) is 26.1. The van der Waals surface area contributed by atoms with Gasteiger partial charge in [0.05, 0.1) is 12.2 Å². The lowest BCUT2D eigenvalue weighted by Gasteiger charge is -2.59. The molecule has 4 fully saturated rings. The van der Waals surface area contributed by atoms with Crippen molar-refractivity contribution in [2.24, 2.45) is 28.6 Å². The lowest BCUT2D eigenvalue weighted by Crippen LogP contribution is -2.64. The van der Waals surface area contributed by atoms with Crippen molar-refractivity contribution in [2.75, 3.05) is 6.61 Å². The van der Waals surface area contributed by atoms with Crippen LogP contribution in [0.4, 0.5) is 0 Å². The molecule has 1 N–H and O–H groups in total. The Bertz CT molecular complexity index is 1470. The molecule has 210 valence electrons. The smallest absolute Gasteiger partial charge is 0.205 e. The van der Waals surface area contributed by atoms with Crippen molar-refractivity contribution < 1.29 is 28.9 Å². The zero-order chi connectivity index (χ0) is 28.1. The second-order valence-electron chi connectivity index (χ2n) is 13.5. The number of carbonyl (C=O) groups excluding carboxylic acids is 2. The van der Waals surface area contributed by atoms with Gasteiger partial charge in [0, 0.05) is 16.7 Å². The van der Waals surface area contributed by atoms with E-state index in [1.165, 1.54) is 0 Å². The third-order valence-corrected chi connectivity index (χ3v) is 11.0. The summed E-state index contributed by atoms with van der Waals surface area (Å²) in [5, 5.41) is 14.0. The van der Waals surface area contributed by atoms with E-state index in [2.05, 4.69) is 13.8 Å². The Morgan fingerprint density at radius 2 is 1.88 bits per heavy atom. The molecule has 0 radical (unpaired) electrons. The Kier molecular flexibility index (Phi) is 5.62. The molecular weight excluding hydrogens is 504 g/mol. The summed E-state index contributed by atoms with van der Waals surface area (Å²) in [7, 11) is 0. The average molecular weight is 543 g/mol. The Morgan fingerprint density at radius 1 is 1.10 bits per heavy atom. The van der Waals surface area contributed by atoms with Crippen LogP contribution in [0.2, 0.25) is 0 Å². The van der Waals surface area contributed by atoms with Gasteiger partial charge >= 0.3 is 0 Å². The Balaban J connectivity index is 1.22. The van der Waals surface area contributed by atoms with Crippen molar-refractivity contribution in [2.45, 2.75) is 77.0 Å². The summed E-state index contributed by atoms with van der Waals surface area (Å²) in [6.07, 6.45) is 7.20. The first-order chi connectivity index (χ1) is 19.0. The van der Waals surface area contributed by atoms with Crippen LogP contribution in [0.3, 0.4) is 0 Å². The number of ketones is 2. The number of ether oxygens (including phenoxy) is 3. The van der Waals surface area contributed by atoms with Crippen molar-refractivity contribution in [3.05, 3.63) is 66.3 Å². The van der Waals surface area contributed by atoms with Crippen LogP contribution in [0.5, 0.6) is 5.75 Å². The van der Waals surface area contributed by atoms with E-state index in [4.69, 9.17) is 14.2 Å². The maximum absolute atomic E-state index is 14.4. The predicted molar refractivity (Wildman–Crippen MR) is 151 cm³/mol. The minimum absolute atomic E-state index is 0.0245. The summed E-state index contributed by atoms with van der Waals surface area (Å²) >= 11 is 0. The zero-order valence-corrected chi connectivity index (χ0v) is 23.7. The van der Waals surface area contributed by atoms with Gasteiger partial charge in [-0.25, -0.2) is 0 Å². The molecule has 40 heavy (non-hydrogen) atoms. The molecule has 0 aromatic heterocycles. The highest BCUT2D eigenvalue weighted by atomic mass is 16.8. The van der Waals surface area contributed by atoms with Crippen molar-refractivity contribution >= 4 is 22.3 Å². The van der Waals surface area contributed by atoms with E-state index in [1.54, 1.807) is 12.2 Å². The fraction of sp³-hybridized carbons (Fsp3) is 0.529. The number of hydrogen-bond donors (Lipinski definition) is 1. The fourth-order valence-electron chi connectivity index (χ4n) is 9.43. The highest BCUT2D eigenvalue weighted by Gasteiger charge is 2.76. The third kappa shape index (κ3) is 3.52. The number of hydrogen-bond acceptors (Lipinski definition) is 6. The van der Waals surface area contributed by atoms with Crippen LogP contribution in [0, 0.1) is 28.6 Å². The molecule has 0 bridgehead atoms. The first-order valence-electron chi connectivity index (χ1n) is 14.6. The molecule has 3 saturated carbocycles. The van der Waals surface area contributed by atoms with Crippen molar-refractivity contribution in [1.29, 1.82) is 0 Å². The lowest BCUT2D eigenvalue weighted by molar-refractivity contribution is -0.225. The molecule has 5 aliphatic rings. The van der Waals surface area contributed by atoms with Crippen LogP contribution in [-0.2, 0) is 19.1 Å². The molecule has 6 nitrogen and oxygen atoms in total. The van der Waals surface area contributed by atoms with Crippen molar-refractivity contribution in [1.82, 2.24) is 0 Å². The van der Waals surface area contributed by atoms with Gasteiger partial charge in [0.1, 0.15) is 12.4 Å². The van der Waals surface area contributed by atoms with Crippen LogP contribution >= 0.6 is 0 Å². The molecule has 1 heterocycles. The minimum Gasteiger partial charge on any atom is -0.486 e. The number of benzene rings is 2. The quantitative estimate of drug-likeness (QED) is 0.544. The van der Waals surface area contributed by atoms with E-state index in [0.717, 1.165) is 29.2 Å². The Hall–Kier alpha value is -2.80. The van der Waals surface area contributed by atoms with E-state index >= 15 is 0 Å². The molecule has 6 heteroatoms. The summed E-state index contributed by atoms with van der Waals surface area (Å²) in [5.41, 5.74) is -1.08. The van der Waals surface area contributed by atoms with E-state index in [9.17, 15) is 14.7 Å². The van der Waals surface area contributed by atoms with Gasteiger partial charge in [-0.3, -0.25) is 9.59 Å². The van der Waals surface area contributed by atoms with Gasteiger partial charge < -0.3 is 19.3 Å². The maximum atomic E-state index is 14.4. The standard InChI is InChI=1S/C34H38O6/c1-31(2)39-29-17-26-25-12-10-22-16-23(35)13-14-32(22,3)30(25)27(36)18-33(26,4)34(29,40-31)28(37)19-38-24-11-9-20-7-5-6-8-21(20)15-24/h5-9,11,13-16,25-27,29-30,36H,10,12,17-19H2,1-4H3/t25?,26?,27-,29-,30?,32?,33?,34+/m0/s1. The Labute approximate surface area is 235 Å². The minimum atomic E-state index is -1.21. The third-order valence-electron chi connectivity index (χ3n) is 11.0. The van der Waals surface area contributed by atoms with Gasteiger partial charge in [-0.1, -0.05) is 55.8 Å². The van der Waals surface area contributed by atoms with E-state index in [0.29, 0.717) is 18.6 Å². The van der Waals surface area contributed by atoms with Gasteiger partial charge in [0.25, 0.3) is 0 Å². The summed E-state index contributed by atoms with van der Waals surface area (Å²) in [5.74, 6) is -0.0895. The molecule has 7 rings (SSSR count). The number of allylic oxidation sites excluding steroid dienone is 4. The van der Waals surface area contributed by atoms with Crippen molar-refractivity contribution in [3.8, 4) is 5.75 Å².